The van der Waals surface area contributed by atoms with Gasteiger partial charge in [-0.05, 0) is 31.7 Å². The molecule has 1 N–H and O–H groups in total. The van der Waals surface area contributed by atoms with Gasteiger partial charge in [-0.15, -0.1) is 0 Å². The molecule has 33 heavy (non-hydrogen) atoms. The molecule has 0 unspecified atom stereocenters. The van der Waals surface area contributed by atoms with Crippen LogP contribution >= 0.6 is 0 Å². The van der Waals surface area contributed by atoms with Crippen LogP contribution < -0.4 is 4.90 Å². The second kappa shape index (κ2) is 8.25. The van der Waals surface area contributed by atoms with Crippen LogP contribution in [0.25, 0.3) is 0 Å². The number of nitrogens with zero attached hydrogens (tertiary/aromatic N) is 4. The number of imidazole rings is 1. The largest absolute Gasteiger partial charge is 0.348 e. The molecule has 174 valence electrons. The molecule has 2 amide bonds. The predicted octanol–water partition coefficient (Wildman–Crippen LogP) is 3.83. The van der Waals surface area contributed by atoms with Crippen LogP contribution in [0, 0.1) is 0 Å². The summed E-state index contributed by atoms with van der Waals surface area (Å²) < 4.78 is 11.6. The minimum absolute atomic E-state index is 0.0383. The zero-order valence-electron chi connectivity index (χ0n) is 19.1. The number of hydrogen-bond donors (Lipinski definition) is 1. The van der Waals surface area contributed by atoms with Crippen molar-refractivity contribution in [2.24, 2.45) is 4.99 Å². The molecule has 2 fully saturated rings. The number of nitrogens with one attached hydrogen (secondary N) is 1. The average molecular weight is 450 g/mol. The first kappa shape index (κ1) is 20.9. The normalized spacial score (nSPS) is 24.3. The Balaban J connectivity index is 1.31. The van der Waals surface area contributed by atoms with Gasteiger partial charge in [0.1, 0.15) is 11.5 Å². The lowest BCUT2D eigenvalue weighted by molar-refractivity contribution is -0.144. The summed E-state index contributed by atoms with van der Waals surface area (Å²) in [6.07, 6.45) is 6.17. The molecule has 1 atom stereocenters. The van der Waals surface area contributed by atoms with Gasteiger partial charge >= 0.3 is 6.03 Å². The summed E-state index contributed by atoms with van der Waals surface area (Å²) in [7, 11) is 0. The standard InChI is InChI=1S/C25H31N5O3/c1-25(32-13-14-33-25)11-12-29-23-20(27-21(28-23)18-9-5-6-10-18)22-26-19(16-30(22)24(29)31)15-17-7-3-2-4-8-17/h2-4,7-8,18-19H,5-6,9-16H2,1H3,(H,27,28)/t19-/m1/s1. The van der Waals surface area contributed by atoms with Gasteiger partial charge in [0.05, 0.1) is 25.8 Å². The average Bonchev–Trinajstić information content (AvgIpc) is 3.60. The maximum atomic E-state index is 13.6. The van der Waals surface area contributed by atoms with Crippen LogP contribution in [0.15, 0.2) is 35.3 Å². The molecule has 1 aliphatic carbocycles. The molecule has 4 heterocycles. The number of rotatable bonds is 6. The number of anilines is 1. The monoisotopic (exact) mass is 449 g/mol. The van der Waals surface area contributed by atoms with E-state index in [4.69, 9.17) is 19.5 Å². The van der Waals surface area contributed by atoms with Gasteiger partial charge in [-0.2, -0.15) is 0 Å². The Labute approximate surface area is 194 Å². The Hall–Kier alpha value is -2.71. The number of carbonyl (C=O) groups excluding carboxylic acids is 1. The fraction of sp³-hybridized carbons (Fsp3) is 0.560. The van der Waals surface area contributed by atoms with Crippen molar-refractivity contribution in [3.05, 3.63) is 47.4 Å². The van der Waals surface area contributed by atoms with Crippen LogP contribution in [0.1, 0.15) is 62.0 Å². The van der Waals surface area contributed by atoms with Crippen LogP contribution in [-0.2, 0) is 15.9 Å². The van der Waals surface area contributed by atoms with Crippen LogP contribution in [0.3, 0.4) is 0 Å². The Morgan fingerprint density at radius 3 is 2.67 bits per heavy atom. The van der Waals surface area contributed by atoms with Crippen molar-refractivity contribution in [1.82, 2.24) is 14.9 Å². The zero-order chi connectivity index (χ0) is 22.4. The third-order valence-electron chi connectivity index (χ3n) is 7.34. The highest BCUT2D eigenvalue weighted by Gasteiger charge is 2.44. The SMILES string of the molecule is CC1(CCN2C(=O)N3C[C@@H](Cc4ccccc4)N=C3c3[nH]c(C4CCCC4)nc32)OCCO1. The number of amidine groups is 1. The summed E-state index contributed by atoms with van der Waals surface area (Å²) in [4.78, 5) is 30.8. The minimum atomic E-state index is -0.653. The maximum absolute atomic E-state index is 13.6. The molecular weight excluding hydrogens is 418 g/mol. The van der Waals surface area contributed by atoms with E-state index in [1.54, 1.807) is 4.90 Å². The molecule has 2 aromatic rings. The molecule has 8 nitrogen and oxygen atoms in total. The van der Waals surface area contributed by atoms with Crippen LogP contribution in [0.5, 0.6) is 0 Å². The lowest BCUT2D eigenvalue weighted by Gasteiger charge is -2.34. The topological polar surface area (TPSA) is 83.1 Å². The highest BCUT2D eigenvalue weighted by Crippen LogP contribution is 2.38. The lowest BCUT2D eigenvalue weighted by Crippen LogP contribution is -2.51. The smallest absolute Gasteiger partial charge is 0.331 e. The summed E-state index contributed by atoms with van der Waals surface area (Å²) in [5, 5.41) is 0. The molecule has 3 aliphatic heterocycles. The van der Waals surface area contributed by atoms with E-state index >= 15 is 0 Å². The summed E-state index contributed by atoms with van der Waals surface area (Å²) in [6.45, 7) is 4.20. The summed E-state index contributed by atoms with van der Waals surface area (Å²) in [5.74, 6) is 2.22. The summed E-state index contributed by atoms with van der Waals surface area (Å²) in [5.41, 5.74) is 2.11. The highest BCUT2D eigenvalue weighted by molar-refractivity contribution is 6.18. The van der Waals surface area contributed by atoms with Gasteiger partial charge in [0, 0.05) is 18.9 Å². The number of urea groups is 1. The van der Waals surface area contributed by atoms with E-state index in [0.29, 0.717) is 44.5 Å². The number of aromatic amines is 1. The molecule has 1 aromatic carbocycles. The molecule has 0 radical (unpaired) electrons. The van der Waals surface area contributed by atoms with Gasteiger partial charge in [-0.3, -0.25) is 14.8 Å². The van der Waals surface area contributed by atoms with Gasteiger partial charge in [-0.25, -0.2) is 9.78 Å². The number of aromatic nitrogens is 2. The third-order valence-corrected chi connectivity index (χ3v) is 7.34. The van der Waals surface area contributed by atoms with E-state index in [2.05, 4.69) is 17.1 Å². The summed E-state index contributed by atoms with van der Waals surface area (Å²) >= 11 is 0. The predicted molar refractivity (Wildman–Crippen MR) is 125 cm³/mol. The quantitative estimate of drug-likeness (QED) is 0.727. The molecule has 1 saturated heterocycles. The van der Waals surface area contributed by atoms with Crippen molar-refractivity contribution in [2.75, 3.05) is 31.2 Å². The number of carbonyl (C=O) groups is 1. The van der Waals surface area contributed by atoms with Crippen molar-refractivity contribution in [3.63, 3.8) is 0 Å². The maximum Gasteiger partial charge on any atom is 0.331 e. The fourth-order valence-electron chi connectivity index (χ4n) is 5.52. The number of amides is 2. The first-order valence-corrected chi connectivity index (χ1v) is 12.2. The molecule has 0 spiro atoms. The Bertz CT molecular complexity index is 1050. The van der Waals surface area contributed by atoms with Gasteiger partial charge in [0.2, 0.25) is 0 Å². The number of fused-ring (bicyclic) bond motifs is 3. The van der Waals surface area contributed by atoms with Crippen molar-refractivity contribution >= 4 is 17.7 Å². The summed E-state index contributed by atoms with van der Waals surface area (Å²) in [6, 6.07) is 10.3. The van der Waals surface area contributed by atoms with Crippen molar-refractivity contribution in [1.29, 1.82) is 0 Å². The Morgan fingerprint density at radius 2 is 1.91 bits per heavy atom. The molecule has 8 heteroatoms. The molecule has 4 aliphatic rings. The Kier molecular flexibility index (Phi) is 5.22. The highest BCUT2D eigenvalue weighted by atomic mass is 16.7. The zero-order valence-corrected chi connectivity index (χ0v) is 19.1. The lowest BCUT2D eigenvalue weighted by atomic mass is 10.1. The first-order valence-electron chi connectivity index (χ1n) is 12.2. The second-order valence-electron chi connectivity index (χ2n) is 9.72. The number of H-pyrrole nitrogens is 1. The van der Waals surface area contributed by atoms with E-state index < -0.39 is 5.79 Å². The van der Waals surface area contributed by atoms with Crippen LogP contribution in [-0.4, -0.2) is 64.9 Å². The molecular formula is C25H31N5O3. The van der Waals surface area contributed by atoms with E-state index in [9.17, 15) is 4.79 Å². The van der Waals surface area contributed by atoms with Crippen LogP contribution in [0.4, 0.5) is 10.6 Å². The van der Waals surface area contributed by atoms with Crippen molar-refractivity contribution < 1.29 is 14.3 Å². The molecule has 6 rings (SSSR count). The van der Waals surface area contributed by atoms with Crippen LogP contribution in [0.2, 0.25) is 0 Å². The number of hydrogen-bond acceptors (Lipinski definition) is 5. The van der Waals surface area contributed by atoms with Gasteiger partial charge in [-0.1, -0.05) is 43.2 Å². The van der Waals surface area contributed by atoms with E-state index in [0.717, 1.165) is 36.6 Å². The van der Waals surface area contributed by atoms with E-state index in [1.807, 2.05) is 30.0 Å². The van der Waals surface area contributed by atoms with E-state index in [1.165, 1.54) is 18.4 Å². The molecule has 0 bridgehead atoms. The molecule has 1 aromatic heterocycles. The van der Waals surface area contributed by atoms with Gasteiger partial charge < -0.3 is 14.5 Å². The van der Waals surface area contributed by atoms with Crippen molar-refractivity contribution in [2.45, 2.75) is 63.2 Å². The fourth-order valence-corrected chi connectivity index (χ4v) is 5.52. The molecule has 1 saturated carbocycles. The number of ether oxygens (including phenoxy) is 2. The third kappa shape index (κ3) is 3.85. The second-order valence-corrected chi connectivity index (χ2v) is 9.72. The minimum Gasteiger partial charge on any atom is -0.348 e. The number of benzene rings is 1. The number of aliphatic imine (C=N–C) groups is 1. The van der Waals surface area contributed by atoms with E-state index in [-0.39, 0.29) is 12.1 Å². The van der Waals surface area contributed by atoms with Crippen molar-refractivity contribution in [3.8, 4) is 0 Å². The van der Waals surface area contributed by atoms with Gasteiger partial charge in [0.15, 0.2) is 17.4 Å². The first-order chi connectivity index (χ1) is 16.1. The Morgan fingerprint density at radius 1 is 1.15 bits per heavy atom. The van der Waals surface area contributed by atoms with Gasteiger partial charge in [0.25, 0.3) is 0 Å².